The zero-order valence-corrected chi connectivity index (χ0v) is 9.62. The number of hydrogen-bond donors (Lipinski definition) is 1. The molecule has 0 fully saturated rings. The molecule has 2 heteroatoms. The summed E-state index contributed by atoms with van der Waals surface area (Å²) in [5, 5.41) is 0.535. The SMILES string of the molecule is CC(C)(C)N[SiH2]C(C)(C)C. The van der Waals surface area contributed by atoms with Crippen LogP contribution in [0.25, 0.3) is 0 Å². The Morgan fingerprint density at radius 2 is 1.30 bits per heavy atom. The van der Waals surface area contributed by atoms with Crippen LogP contribution in [0.3, 0.4) is 0 Å². The van der Waals surface area contributed by atoms with Gasteiger partial charge in [-0.05, 0) is 25.8 Å². The van der Waals surface area contributed by atoms with Crippen molar-refractivity contribution in [3.05, 3.63) is 0 Å². The van der Waals surface area contributed by atoms with Crippen molar-refractivity contribution < 1.29 is 0 Å². The Kier molecular flexibility index (Phi) is 3.11. The molecular weight excluding hydrogens is 138 g/mol. The Labute approximate surface area is 67.5 Å². The second-order valence-electron chi connectivity index (χ2n) is 5.16. The van der Waals surface area contributed by atoms with Crippen LogP contribution >= 0.6 is 0 Å². The number of rotatable bonds is 1. The Balaban J connectivity index is 3.56. The van der Waals surface area contributed by atoms with E-state index in [1.165, 1.54) is 0 Å². The summed E-state index contributed by atoms with van der Waals surface area (Å²) in [7, 11) is -0.105. The zero-order chi connectivity index (χ0) is 8.41. The maximum Gasteiger partial charge on any atom is 0.0975 e. The second-order valence-corrected chi connectivity index (χ2v) is 7.99. The average Bonchev–Trinajstić information content (AvgIpc) is 1.57. The lowest BCUT2D eigenvalue weighted by molar-refractivity contribution is 0.511. The van der Waals surface area contributed by atoms with Crippen LogP contribution in [-0.4, -0.2) is 15.2 Å². The summed E-state index contributed by atoms with van der Waals surface area (Å²) >= 11 is 0. The molecular formula is C8H21NSi. The fraction of sp³-hybridized carbons (Fsp3) is 1.00. The van der Waals surface area contributed by atoms with Crippen LogP contribution in [0.15, 0.2) is 0 Å². The molecule has 62 valence electrons. The van der Waals surface area contributed by atoms with Gasteiger partial charge in [-0.15, -0.1) is 0 Å². The topological polar surface area (TPSA) is 12.0 Å². The molecule has 0 heterocycles. The molecule has 0 aromatic carbocycles. The molecule has 0 aromatic rings. The predicted molar refractivity (Wildman–Crippen MR) is 51.1 cm³/mol. The Bertz CT molecular complexity index is 82.8. The van der Waals surface area contributed by atoms with E-state index in [1.807, 2.05) is 0 Å². The smallest absolute Gasteiger partial charge is 0.0975 e. The molecule has 0 rings (SSSR count). The molecule has 0 saturated carbocycles. The van der Waals surface area contributed by atoms with Crippen LogP contribution in [0.1, 0.15) is 41.5 Å². The van der Waals surface area contributed by atoms with E-state index in [1.54, 1.807) is 0 Å². The fourth-order valence-electron chi connectivity index (χ4n) is 0.530. The third kappa shape index (κ3) is 8.18. The van der Waals surface area contributed by atoms with Gasteiger partial charge in [0.2, 0.25) is 0 Å². The van der Waals surface area contributed by atoms with E-state index in [9.17, 15) is 0 Å². The monoisotopic (exact) mass is 159 g/mol. The van der Waals surface area contributed by atoms with Crippen LogP contribution in [0, 0.1) is 0 Å². The Hall–Kier alpha value is 0.177. The van der Waals surface area contributed by atoms with Gasteiger partial charge in [-0.1, -0.05) is 20.8 Å². The first-order chi connectivity index (χ1) is 4.21. The van der Waals surface area contributed by atoms with Crippen molar-refractivity contribution >= 4 is 9.68 Å². The van der Waals surface area contributed by atoms with Crippen LogP contribution in [0.4, 0.5) is 0 Å². The minimum Gasteiger partial charge on any atom is -0.337 e. The van der Waals surface area contributed by atoms with Crippen molar-refractivity contribution in [3.8, 4) is 0 Å². The minimum atomic E-state index is -0.105. The summed E-state index contributed by atoms with van der Waals surface area (Å²) in [4.78, 5) is 3.60. The molecule has 10 heavy (non-hydrogen) atoms. The van der Waals surface area contributed by atoms with Gasteiger partial charge in [0.05, 0.1) is 9.68 Å². The average molecular weight is 159 g/mol. The molecule has 0 aliphatic heterocycles. The molecule has 0 amide bonds. The van der Waals surface area contributed by atoms with Gasteiger partial charge >= 0.3 is 0 Å². The largest absolute Gasteiger partial charge is 0.337 e. The van der Waals surface area contributed by atoms with Gasteiger partial charge in [0.25, 0.3) is 0 Å². The normalized spacial score (nSPS) is 15.0. The van der Waals surface area contributed by atoms with Crippen molar-refractivity contribution in [1.82, 2.24) is 4.98 Å². The van der Waals surface area contributed by atoms with Gasteiger partial charge in [0.1, 0.15) is 0 Å². The second kappa shape index (κ2) is 3.05. The minimum absolute atomic E-state index is 0.105. The van der Waals surface area contributed by atoms with Gasteiger partial charge in [0, 0.05) is 5.54 Å². The van der Waals surface area contributed by atoms with Gasteiger partial charge < -0.3 is 4.98 Å². The molecule has 0 bridgehead atoms. The molecule has 0 aliphatic carbocycles. The van der Waals surface area contributed by atoms with Crippen LogP contribution < -0.4 is 4.98 Å². The van der Waals surface area contributed by atoms with Gasteiger partial charge in [-0.25, -0.2) is 0 Å². The summed E-state index contributed by atoms with van der Waals surface area (Å²) in [6.45, 7) is 13.6. The standard InChI is InChI=1S/C8H21NSi/c1-7(2,3)9-10-8(4,5)6/h9H,10H2,1-6H3. The molecule has 0 spiro atoms. The zero-order valence-electron chi connectivity index (χ0n) is 8.21. The summed E-state index contributed by atoms with van der Waals surface area (Å²) in [5.41, 5.74) is 0.319. The van der Waals surface area contributed by atoms with Gasteiger partial charge in [-0.2, -0.15) is 0 Å². The highest BCUT2D eigenvalue weighted by Crippen LogP contribution is 2.19. The van der Waals surface area contributed by atoms with Crippen molar-refractivity contribution in [2.24, 2.45) is 0 Å². The number of hydrogen-bond acceptors (Lipinski definition) is 1. The summed E-state index contributed by atoms with van der Waals surface area (Å²) in [6.07, 6.45) is 0. The Morgan fingerprint density at radius 3 is 1.40 bits per heavy atom. The van der Waals surface area contributed by atoms with E-state index in [-0.39, 0.29) is 9.68 Å². The van der Waals surface area contributed by atoms with Gasteiger partial charge in [0.15, 0.2) is 0 Å². The third-order valence-electron chi connectivity index (χ3n) is 1.15. The van der Waals surface area contributed by atoms with E-state index in [0.717, 1.165) is 0 Å². The maximum absolute atomic E-state index is 3.60. The highest BCUT2D eigenvalue weighted by atomic mass is 28.2. The predicted octanol–water partition coefficient (Wildman–Crippen LogP) is 1.68. The van der Waals surface area contributed by atoms with Crippen molar-refractivity contribution in [1.29, 1.82) is 0 Å². The molecule has 1 nitrogen and oxygen atoms in total. The van der Waals surface area contributed by atoms with Crippen LogP contribution in [0.5, 0.6) is 0 Å². The Morgan fingerprint density at radius 1 is 0.900 bits per heavy atom. The molecule has 0 aliphatic rings. The lowest BCUT2D eigenvalue weighted by Crippen LogP contribution is -2.41. The lowest BCUT2D eigenvalue weighted by atomic mass is 10.1. The highest BCUT2D eigenvalue weighted by Gasteiger charge is 2.15. The van der Waals surface area contributed by atoms with Crippen LogP contribution in [0.2, 0.25) is 5.04 Å². The lowest BCUT2D eigenvalue weighted by Gasteiger charge is -2.26. The number of nitrogens with one attached hydrogen (secondary N) is 1. The van der Waals surface area contributed by atoms with Crippen LogP contribution in [-0.2, 0) is 0 Å². The van der Waals surface area contributed by atoms with Crippen molar-refractivity contribution in [3.63, 3.8) is 0 Å². The summed E-state index contributed by atoms with van der Waals surface area (Å²) < 4.78 is 0. The maximum atomic E-state index is 3.60. The van der Waals surface area contributed by atoms with E-state index in [2.05, 4.69) is 46.5 Å². The first-order valence-corrected chi connectivity index (χ1v) is 5.37. The van der Waals surface area contributed by atoms with E-state index in [4.69, 9.17) is 0 Å². The van der Waals surface area contributed by atoms with Gasteiger partial charge in [-0.3, -0.25) is 0 Å². The van der Waals surface area contributed by atoms with Crippen molar-refractivity contribution in [2.45, 2.75) is 52.1 Å². The quantitative estimate of drug-likeness (QED) is 0.574. The first kappa shape index (κ1) is 10.2. The van der Waals surface area contributed by atoms with E-state index in [0.29, 0.717) is 10.6 Å². The molecule has 0 radical (unpaired) electrons. The molecule has 0 unspecified atom stereocenters. The molecule has 1 N–H and O–H groups in total. The third-order valence-corrected chi connectivity index (χ3v) is 3.45. The summed E-state index contributed by atoms with van der Waals surface area (Å²) in [5.74, 6) is 0. The fourth-order valence-corrected chi connectivity index (χ4v) is 1.59. The molecule has 0 saturated heterocycles. The summed E-state index contributed by atoms with van der Waals surface area (Å²) in [6, 6.07) is 0. The van der Waals surface area contributed by atoms with Crippen molar-refractivity contribution in [2.75, 3.05) is 0 Å². The highest BCUT2D eigenvalue weighted by molar-refractivity contribution is 6.36. The van der Waals surface area contributed by atoms with E-state index >= 15 is 0 Å². The molecule has 0 atom stereocenters. The van der Waals surface area contributed by atoms with E-state index < -0.39 is 0 Å². The molecule has 0 aromatic heterocycles. The first-order valence-electron chi connectivity index (χ1n) is 3.96.